The number of nitrogens with zero attached hydrogens (tertiary/aromatic N) is 4. The second kappa shape index (κ2) is 8.77. The van der Waals surface area contributed by atoms with Gasteiger partial charge in [-0.25, -0.2) is 9.66 Å². The molecule has 0 radical (unpaired) electrons. The highest BCUT2D eigenvalue weighted by Gasteiger charge is 2.22. The van der Waals surface area contributed by atoms with E-state index in [-0.39, 0.29) is 30.6 Å². The highest BCUT2D eigenvalue weighted by atomic mass is 35.5. The van der Waals surface area contributed by atoms with Gasteiger partial charge in [0.15, 0.2) is 5.84 Å². The Hall–Kier alpha value is -3.03. The van der Waals surface area contributed by atoms with Crippen molar-refractivity contribution in [2.24, 2.45) is 16.0 Å². The molecule has 1 aromatic heterocycles. The van der Waals surface area contributed by atoms with E-state index in [1.165, 1.54) is 0 Å². The van der Waals surface area contributed by atoms with Crippen molar-refractivity contribution in [1.29, 1.82) is 0 Å². The first-order chi connectivity index (χ1) is 12.7. The molecule has 9 heteroatoms. The van der Waals surface area contributed by atoms with Crippen molar-refractivity contribution in [2.45, 2.75) is 12.8 Å². The van der Waals surface area contributed by atoms with E-state index in [1.807, 2.05) is 54.7 Å². The molecule has 0 unspecified atom stereocenters. The minimum absolute atomic E-state index is 0. The summed E-state index contributed by atoms with van der Waals surface area (Å²) in [5.41, 5.74) is 17.2. The SMILES string of the molecule is Cl.Cl.NC(=NO)c1cccc2c1CC/C2=N\n1cc(-c2ccccc2)nc1N. The molecule has 0 fully saturated rings. The van der Waals surface area contributed by atoms with Crippen LogP contribution in [0.2, 0.25) is 0 Å². The van der Waals surface area contributed by atoms with Crippen LogP contribution < -0.4 is 11.5 Å². The lowest BCUT2D eigenvalue weighted by Crippen LogP contribution is -2.15. The number of anilines is 1. The van der Waals surface area contributed by atoms with Crippen molar-refractivity contribution in [3.05, 3.63) is 71.4 Å². The van der Waals surface area contributed by atoms with Gasteiger partial charge >= 0.3 is 0 Å². The van der Waals surface area contributed by atoms with Gasteiger partial charge < -0.3 is 16.7 Å². The van der Waals surface area contributed by atoms with Gasteiger partial charge in [-0.3, -0.25) is 0 Å². The Balaban J connectivity index is 0.00000140. The van der Waals surface area contributed by atoms with Crippen molar-refractivity contribution in [3.63, 3.8) is 0 Å². The van der Waals surface area contributed by atoms with Gasteiger partial charge in [-0.2, -0.15) is 5.10 Å². The molecule has 0 amide bonds. The van der Waals surface area contributed by atoms with Gasteiger partial charge in [-0.15, -0.1) is 24.8 Å². The zero-order valence-electron chi connectivity index (χ0n) is 14.8. The van der Waals surface area contributed by atoms with Gasteiger partial charge in [0.05, 0.1) is 17.6 Å². The number of oxime groups is 1. The summed E-state index contributed by atoms with van der Waals surface area (Å²) in [5.74, 6) is 0.439. The van der Waals surface area contributed by atoms with Crippen LogP contribution in [0.3, 0.4) is 0 Å². The number of imidazole rings is 1. The van der Waals surface area contributed by atoms with Crippen LogP contribution in [0, 0.1) is 0 Å². The van der Waals surface area contributed by atoms with Gasteiger partial charge in [-0.1, -0.05) is 53.7 Å². The maximum atomic E-state index is 8.97. The summed E-state index contributed by atoms with van der Waals surface area (Å²) >= 11 is 0. The Labute approximate surface area is 174 Å². The number of benzene rings is 2. The average molecular weight is 419 g/mol. The summed E-state index contributed by atoms with van der Waals surface area (Å²) in [6.07, 6.45) is 3.35. The molecule has 3 aromatic rings. The van der Waals surface area contributed by atoms with Crippen LogP contribution in [0.4, 0.5) is 5.95 Å². The predicted octanol–water partition coefficient (Wildman–Crippen LogP) is 3.27. The van der Waals surface area contributed by atoms with Gasteiger partial charge in [0, 0.05) is 16.7 Å². The Bertz CT molecular complexity index is 1030. The minimum Gasteiger partial charge on any atom is -0.409 e. The third kappa shape index (κ3) is 3.81. The standard InChI is InChI=1S/C19H18N6O.2ClH/c20-18(24-26)15-8-4-7-14-13(15)9-10-16(14)23-25-11-17(22-19(25)21)12-5-2-1-3-6-12;;/h1-8,11,26H,9-10H2,(H2,20,24)(H2,21,22);2*1H/b23-16+;;. The van der Waals surface area contributed by atoms with E-state index in [4.69, 9.17) is 16.7 Å². The molecule has 0 bridgehead atoms. The maximum absolute atomic E-state index is 8.97. The number of amidine groups is 1. The fourth-order valence-corrected chi connectivity index (χ4v) is 3.25. The van der Waals surface area contributed by atoms with E-state index in [1.54, 1.807) is 4.68 Å². The molecule has 7 nitrogen and oxygen atoms in total. The Morgan fingerprint density at radius 2 is 1.79 bits per heavy atom. The highest BCUT2D eigenvalue weighted by molar-refractivity contribution is 6.09. The molecule has 1 aliphatic rings. The molecular formula is C19H20Cl2N6O. The Kier molecular flexibility index (Phi) is 6.66. The second-order valence-electron chi connectivity index (χ2n) is 6.06. The number of halogens is 2. The minimum atomic E-state index is 0. The first-order valence-electron chi connectivity index (χ1n) is 8.25. The lowest BCUT2D eigenvalue weighted by molar-refractivity contribution is 0.318. The molecule has 4 rings (SSSR count). The zero-order chi connectivity index (χ0) is 18.1. The molecule has 0 saturated heterocycles. The molecule has 1 heterocycles. The topological polar surface area (TPSA) is 115 Å². The third-order valence-corrected chi connectivity index (χ3v) is 4.49. The van der Waals surface area contributed by atoms with Crippen molar-refractivity contribution < 1.29 is 5.21 Å². The molecule has 2 aromatic carbocycles. The van der Waals surface area contributed by atoms with Crippen molar-refractivity contribution in [2.75, 3.05) is 5.73 Å². The molecule has 1 aliphatic carbocycles. The number of hydrogen-bond donors (Lipinski definition) is 3. The quantitative estimate of drug-likeness (QED) is 0.262. The van der Waals surface area contributed by atoms with Gasteiger partial charge in [0.25, 0.3) is 0 Å². The second-order valence-corrected chi connectivity index (χ2v) is 6.06. The fourth-order valence-electron chi connectivity index (χ4n) is 3.25. The smallest absolute Gasteiger partial charge is 0.221 e. The summed E-state index contributed by atoms with van der Waals surface area (Å²) in [7, 11) is 0. The normalized spacial score (nSPS) is 14.3. The average Bonchev–Trinajstić information content (AvgIpc) is 3.26. The number of aromatic nitrogens is 2. The van der Waals surface area contributed by atoms with Crippen LogP contribution in [-0.2, 0) is 6.42 Å². The highest BCUT2D eigenvalue weighted by Crippen LogP contribution is 2.27. The van der Waals surface area contributed by atoms with Crippen molar-refractivity contribution in [1.82, 2.24) is 9.66 Å². The molecule has 5 N–H and O–H groups in total. The Morgan fingerprint density at radius 3 is 2.50 bits per heavy atom. The number of nitrogens with two attached hydrogens (primary N) is 2. The van der Waals surface area contributed by atoms with Crippen LogP contribution >= 0.6 is 24.8 Å². The number of rotatable bonds is 3. The van der Waals surface area contributed by atoms with Crippen LogP contribution in [0.5, 0.6) is 0 Å². The Morgan fingerprint density at radius 1 is 1.04 bits per heavy atom. The maximum Gasteiger partial charge on any atom is 0.221 e. The zero-order valence-corrected chi connectivity index (χ0v) is 16.5. The van der Waals surface area contributed by atoms with E-state index in [9.17, 15) is 0 Å². The molecule has 0 saturated carbocycles. The van der Waals surface area contributed by atoms with E-state index in [0.717, 1.165) is 46.5 Å². The molecule has 146 valence electrons. The van der Waals surface area contributed by atoms with Crippen LogP contribution in [0.15, 0.2) is 65.0 Å². The third-order valence-electron chi connectivity index (χ3n) is 4.49. The summed E-state index contributed by atoms with van der Waals surface area (Å²) < 4.78 is 1.60. The summed E-state index contributed by atoms with van der Waals surface area (Å²) in [5, 5.41) is 16.8. The van der Waals surface area contributed by atoms with Gasteiger partial charge in [0.1, 0.15) is 0 Å². The molecule has 0 atom stereocenters. The monoisotopic (exact) mass is 418 g/mol. The van der Waals surface area contributed by atoms with E-state index < -0.39 is 0 Å². The molecule has 28 heavy (non-hydrogen) atoms. The van der Waals surface area contributed by atoms with Gasteiger partial charge in [-0.05, 0) is 18.4 Å². The lowest BCUT2D eigenvalue weighted by Gasteiger charge is -2.06. The van der Waals surface area contributed by atoms with E-state index >= 15 is 0 Å². The summed E-state index contributed by atoms with van der Waals surface area (Å²) in [6, 6.07) is 15.5. The van der Waals surface area contributed by atoms with Crippen molar-refractivity contribution >= 4 is 42.3 Å². The van der Waals surface area contributed by atoms with E-state index in [2.05, 4.69) is 15.2 Å². The summed E-state index contributed by atoms with van der Waals surface area (Å²) in [4.78, 5) is 4.40. The fraction of sp³-hybridized carbons (Fsp3) is 0.105. The molecule has 0 aliphatic heterocycles. The van der Waals surface area contributed by atoms with Crippen LogP contribution in [0.1, 0.15) is 23.1 Å². The number of nitrogen functional groups attached to an aromatic ring is 1. The first kappa shape index (κ1) is 21.3. The lowest BCUT2D eigenvalue weighted by atomic mass is 10.0. The largest absolute Gasteiger partial charge is 0.409 e. The number of fused-ring (bicyclic) bond motifs is 1. The van der Waals surface area contributed by atoms with Crippen LogP contribution in [-0.4, -0.2) is 26.4 Å². The summed E-state index contributed by atoms with van der Waals surface area (Å²) in [6.45, 7) is 0. The van der Waals surface area contributed by atoms with Crippen molar-refractivity contribution in [3.8, 4) is 11.3 Å². The molecular weight excluding hydrogens is 399 g/mol. The van der Waals surface area contributed by atoms with E-state index in [0.29, 0.717) is 5.95 Å². The van der Waals surface area contributed by atoms with Gasteiger partial charge in [0.2, 0.25) is 5.95 Å². The van der Waals surface area contributed by atoms with Crippen LogP contribution in [0.25, 0.3) is 11.3 Å². The molecule has 0 spiro atoms. The first-order valence-corrected chi connectivity index (χ1v) is 8.25. The number of hydrogen-bond acceptors (Lipinski definition) is 5. The predicted molar refractivity (Wildman–Crippen MR) is 116 cm³/mol.